The summed E-state index contributed by atoms with van der Waals surface area (Å²) in [5, 5.41) is 10.6. The van der Waals surface area contributed by atoms with Crippen molar-refractivity contribution in [1.82, 2.24) is 15.0 Å². The van der Waals surface area contributed by atoms with E-state index in [1.807, 2.05) is 4.68 Å². The Kier molecular flexibility index (Phi) is 6.21. The first kappa shape index (κ1) is 15.2. The molecule has 0 aliphatic rings. The van der Waals surface area contributed by atoms with Gasteiger partial charge in [-0.3, -0.25) is 0 Å². The quantitative estimate of drug-likeness (QED) is 0.721. The first-order valence-electron chi connectivity index (χ1n) is 7.48. The monoisotopic (exact) mass is 292 g/mol. The number of nitrogens with two attached hydrogens (primary N) is 1. The number of hydrogen-bond acceptors (Lipinski definition) is 4. The summed E-state index contributed by atoms with van der Waals surface area (Å²) in [6, 6.07) is 4.24. The van der Waals surface area contributed by atoms with Crippen LogP contribution in [-0.4, -0.2) is 15.0 Å². The molecule has 0 unspecified atom stereocenters. The zero-order chi connectivity index (χ0) is 14.2. The molecule has 0 radical (unpaired) electrons. The zero-order valence-corrected chi connectivity index (χ0v) is 13.0. The van der Waals surface area contributed by atoms with Crippen molar-refractivity contribution in [3.63, 3.8) is 0 Å². The summed E-state index contributed by atoms with van der Waals surface area (Å²) in [5.74, 6) is 0. The summed E-state index contributed by atoms with van der Waals surface area (Å²) in [5.41, 5.74) is 7.90. The van der Waals surface area contributed by atoms with Gasteiger partial charge >= 0.3 is 0 Å². The summed E-state index contributed by atoms with van der Waals surface area (Å²) >= 11 is 1.77. The first-order chi connectivity index (χ1) is 9.85. The summed E-state index contributed by atoms with van der Waals surface area (Å²) in [6.45, 7) is 3.66. The number of rotatable bonds is 9. The minimum absolute atomic E-state index is 0.469. The van der Waals surface area contributed by atoms with Crippen LogP contribution in [0.5, 0.6) is 0 Å². The van der Waals surface area contributed by atoms with Gasteiger partial charge in [-0.25, -0.2) is 4.68 Å². The maximum absolute atomic E-state index is 5.77. The summed E-state index contributed by atoms with van der Waals surface area (Å²) in [7, 11) is 0. The van der Waals surface area contributed by atoms with Crippen LogP contribution in [0.4, 0.5) is 0 Å². The van der Waals surface area contributed by atoms with E-state index in [1.165, 1.54) is 42.7 Å². The van der Waals surface area contributed by atoms with Crippen LogP contribution in [0, 0.1) is 0 Å². The van der Waals surface area contributed by atoms with Crippen LogP contribution in [0.3, 0.4) is 0 Å². The largest absolute Gasteiger partial charge is 0.325 e. The molecule has 20 heavy (non-hydrogen) atoms. The van der Waals surface area contributed by atoms with Gasteiger partial charge in [0.1, 0.15) is 0 Å². The van der Waals surface area contributed by atoms with Crippen molar-refractivity contribution < 1.29 is 0 Å². The molecule has 0 saturated heterocycles. The molecule has 0 aromatic carbocycles. The highest BCUT2D eigenvalue weighted by atomic mass is 32.1. The van der Waals surface area contributed by atoms with E-state index in [4.69, 9.17) is 5.73 Å². The van der Waals surface area contributed by atoms with Gasteiger partial charge in [0, 0.05) is 24.4 Å². The minimum Gasteiger partial charge on any atom is -0.325 e. The molecule has 2 aromatic heterocycles. The summed E-state index contributed by atoms with van der Waals surface area (Å²) in [6.07, 6.45) is 7.26. The van der Waals surface area contributed by atoms with Crippen LogP contribution in [-0.2, 0) is 19.5 Å². The lowest BCUT2D eigenvalue weighted by molar-refractivity contribution is 0.509. The van der Waals surface area contributed by atoms with Crippen LogP contribution in [0.25, 0.3) is 0 Å². The Morgan fingerprint density at radius 3 is 2.80 bits per heavy atom. The number of aromatic nitrogens is 3. The Morgan fingerprint density at radius 1 is 1.25 bits per heavy atom. The second-order valence-electron chi connectivity index (χ2n) is 5.08. The highest BCUT2D eigenvalue weighted by Crippen LogP contribution is 2.17. The van der Waals surface area contributed by atoms with E-state index in [1.54, 1.807) is 11.3 Å². The van der Waals surface area contributed by atoms with E-state index in [0.29, 0.717) is 6.54 Å². The van der Waals surface area contributed by atoms with E-state index >= 15 is 0 Å². The predicted molar refractivity (Wildman–Crippen MR) is 83.8 cm³/mol. The van der Waals surface area contributed by atoms with Gasteiger partial charge in [-0.1, -0.05) is 43.9 Å². The molecule has 0 spiro atoms. The van der Waals surface area contributed by atoms with E-state index < -0.39 is 0 Å². The van der Waals surface area contributed by atoms with Crippen LogP contribution in [0.1, 0.15) is 55.3 Å². The molecule has 0 saturated carbocycles. The third kappa shape index (κ3) is 4.15. The lowest BCUT2D eigenvalue weighted by Gasteiger charge is -2.07. The average molecular weight is 292 g/mol. The Hall–Kier alpha value is -1.20. The molecule has 0 amide bonds. The van der Waals surface area contributed by atoms with Gasteiger partial charge in [0.05, 0.1) is 11.4 Å². The van der Waals surface area contributed by atoms with Gasteiger partial charge in [0.2, 0.25) is 0 Å². The maximum Gasteiger partial charge on any atom is 0.0998 e. The van der Waals surface area contributed by atoms with E-state index in [-0.39, 0.29) is 0 Å². The van der Waals surface area contributed by atoms with Crippen molar-refractivity contribution in [2.24, 2.45) is 5.73 Å². The van der Waals surface area contributed by atoms with Gasteiger partial charge in [0.25, 0.3) is 0 Å². The van der Waals surface area contributed by atoms with Crippen molar-refractivity contribution in [1.29, 1.82) is 0 Å². The van der Waals surface area contributed by atoms with Crippen LogP contribution in [0.15, 0.2) is 17.5 Å². The third-order valence-corrected chi connectivity index (χ3v) is 4.38. The molecule has 110 valence electrons. The van der Waals surface area contributed by atoms with Gasteiger partial charge < -0.3 is 5.73 Å². The Morgan fingerprint density at radius 2 is 2.10 bits per heavy atom. The normalized spacial score (nSPS) is 11.1. The molecule has 0 fully saturated rings. The lowest BCUT2D eigenvalue weighted by atomic mass is 10.1. The fourth-order valence-electron chi connectivity index (χ4n) is 2.34. The SMILES string of the molecule is CCCCCCCn1nnc(CN)c1Cc1cccs1. The highest BCUT2D eigenvalue weighted by molar-refractivity contribution is 7.09. The number of aryl methyl sites for hydroxylation is 1. The van der Waals surface area contributed by atoms with Crippen molar-refractivity contribution in [3.8, 4) is 0 Å². The van der Waals surface area contributed by atoms with E-state index in [9.17, 15) is 0 Å². The third-order valence-electron chi connectivity index (χ3n) is 3.51. The Bertz CT molecular complexity index is 490. The first-order valence-corrected chi connectivity index (χ1v) is 8.36. The molecule has 2 N–H and O–H groups in total. The number of unbranched alkanes of at least 4 members (excludes halogenated alkanes) is 4. The number of hydrogen-bond donors (Lipinski definition) is 1. The van der Waals surface area contributed by atoms with Crippen molar-refractivity contribution >= 4 is 11.3 Å². The highest BCUT2D eigenvalue weighted by Gasteiger charge is 2.12. The van der Waals surface area contributed by atoms with Crippen molar-refractivity contribution in [3.05, 3.63) is 33.8 Å². The van der Waals surface area contributed by atoms with Crippen LogP contribution < -0.4 is 5.73 Å². The summed E-state index contributed by atoms with van der Waals surface area (Å²) in [4.78, 5) is 1.34. The molecular weight excluding hydrogens is 268 g/mol. The second-order valence-corrected chi connectivity index (χ2v) is 6.11. The van der Waals surface area contributed by atoms with Gasteiger partial charge in [-0.05, 0) is 17.9 Å². The topological polar surface area (TPSA) is 56.7 Å². The van der Waals surface area contributed by atoms with Gasteiger partial charge in [-0.2, -0.15) is 0 Å². The molecule has 4 nitrogen and oxygen atoms in total. The molecule has 0 aliphatic heterocycles. The Labute approximate surface area is 125 Å². The average Bonchev–Trinajstić information content (AvgIpc) is 3.09. The van der Waals surface area contributed by atoms with Gasteiger partial charge in [0.15, 0.2) is 0 Å². The molecular formula is C15H24N4S. The molecule has 2 heterocycles. The molecule has 2 aromatic rings. The second kappa shape index (κ2) is 8.17. The smallest absolute Gasteiger partial charge is 0.0998 e. The van der Waals surface area contributed by atoms with Crippen LogP contribution in [0.2, 0.25) is 0 Å². The Balaban J connectivity index is 1.96. The van der Waals surface area contributed by atoms with Crippen molar-refractivity contribution in [2.75, 3.05) is 0 Å². The van der Waals surface area contributed by atoms with E-state index in [0.717, 1.165) is 18.7 Å². The minimum atomic E-state index is 0.469. The number of thiophene rings is 1. The fourth-order valence-corrected chi connectivity index (χ4v) is 3.05. The van der Waals surface area contributed by atoms with Crippen molar-refractivity contribution in [2.45, 2.75) is 58.5 Å². The lowest BCUT2D eigenvalue weighted by Crippen LogP contribution is -2.08. The maximum atomic E-state index is 5.77. The molecule has 2 rings (SSSR count). The standard InChI is InChI=1S/C15H24N4S/c1-2-3-4-5-6-9-19-15(14(12-16)17-18-19)11-13-8-7-10-20-13/h7-8,10H,2-6,9,11-12,16H2,1H3. The molecule has 0 bridgehead atoms. The fraction of sp³-hybridized carbons (Fsp3) is 0.600. The molecule has 0 aliphatic carbocycles. The van der Waals surface area contributed by atoms with E-state index in [2.05, 4.69) is 34.7 Å². The zero-order valence-electron chi connectivity index (χ0n) is 12.2. The summed E-state index contributed by atoms with van der Waals surface area (Å²) < 4.78 is 2.05. The number of nitrogens with zero attached hydrogens (tertiary/aromatic N) is 3. The van der Waals surface area contributed by atoms with Gasteiger partial charge in [-0.15, -0.1) is 16.4 Å². The van der Waals surface area contributed by atoms with Crippen LogP contribution >= 0.6 is 11.3 Å². The predicted octanol–water partition coefficient (Wildman–Crippen LogP) is 3.36. The molecule has 0 atom stereocenters. The molecule has 5 heteroatoms.